The van der Waals surface area contributed by atoms with Crippen LogP contribution in [0.5, 0.6) is 0 Å². The van der Waals surface area contributed by atoms with Gasteiger partial charge < -0.3 is 10.6 Å². The van der Waals surface area contributed by atoms with Crippen LogP contribution in [0.15, 0.2) is 4.47 Å². The van der Waals surface area contributed by atoms with Crippen molar-refractivity contribution in [2.24, 2.45) is 11.7 Å². The molecule has 2 fully saturated rings. The van der Waals surface area contributed by atoms with Gasteiger partial charge in [0.05, 0.1) is 16.1 Å². The third-order valence-electron chi connectivity index (χ3n) is 3.80. The summed E-state index contributed by atoms with van der Waals surface area (Å²) in [6.07, 6.45) is 2.92. The smallest absolute Gasteiger partial charge is 0.275 e. The third-order valence-corrected chi connectivity index (χ3v) is 4.60. The normalized spacial score (nSPS) is 22.8. The number of aromatic nitrogens is 2. The van der Waals surface area contributed by atoms with Crippen LogP contribution in [-0.2, 0) is 4.79 Å². The van der Waals surface area contributed by atoms with Crippen molar-refractivity contribution in [3.05, 3.63) is 15.9 Å². The molecule has 102 valence electrons. The van der Waals surface area contributed by atoms with Crippen molar-refractivity contribution in [3.8, 4) is 0 Å². The van der Waals surface area contributed by atoms with E-state index in [4.69, 9.17) is 5.73 Å². The van der Waals surface area contributed by atoms with E-state index in [1.54, 1.807) is 4.90 Å². The van der Waals surface area contributed by atoms with Crippen molar-refractivity contribution in [2.45, 2.75) is 25.2 Å². The second kappa shape index (κ2) is 4.63. The first-order valence-corrected chi connectivity index (χ1v) is 7.19. The number of hydrogen-bond donors (Lipinski definition) is 2. The number of carbonyl (C=O) groups is 2. The number of likely N-dealkylation sites (tertiary alicyclic amines) is 1. The molecule has 1 saturated heterocycles. The highest BCUT2D eigenvalue weighted by molar-refractivity contribution is 9.10. The number of halogens is 1. The highest BCUT2D eigenvalue weighted by Gasteiger charge is 2.35. The predicted molar refractivity (Wildman–Crippen MR) is 71.5 cm³/mol. The first-order chi connectivity index (χ1) is 9.08. The minimum Gasteiger partial charge on any atom is -0.369 e. The van der Waals surface area contributed by atoms with E-state index in [1.807, 2.05) is 0 Å². The predicted octanol–water partition coefficient (Wildman–Crippen LogP) is 0.997. The van der Waals surface area contributed by atoms with Gasteiger partial charge in [0.1, 0.15) is 0 Å². The summed E-state index contributed by atoms with van der Waals surface area (Å²) in [5, 5.41) is 7.05. The van der Waals surface area contributed by atoms with E-state index in [0.29, 0.717) is 31.1 Å². The van der Waals surface area contributed by atoms with Gasteiger partial charge in [0.25, 0.3) is 5.91 Å². The Morgan fingerprint density at radius 2 is 2.11 bits per heavy atom. The van der Waals surface area contributed by atoms with Crippen molar-refractivity contribution in [1.29, 1.82) is 0 Å². The minimum atomic E-state index is -0.338. The summed E-state index contributed by atoms with van der Waals surface area (Å²) in [4.78, 5) is 25.1. The molecule has 2 amide bonds. The molecular formula is C12H15BrN4O2. The molecular weight excluding hydrogens is 312 g/mol. The lowest BCUT2D eigenvalue weighted by atomic mass is 10.1. The zero-order chi connectivity index (χ0) is 13.6. The van der Waals surface area contributed by atoms with Gasteiger partial charge >= 0.3 is 0 Å². The van der Waals surface area contributed by atoms with Crippen LogP contribution in [0.4, 0.5) is 0 Å². The zero-order valence-corrected chi connectivity index (χ0v) is 11.9. The summed E-state index contributed by atoms with van der Waals surface area (Å²) in [5.74, 6) is -0.209. The standard InChI is InChI=1S/C12H15BrN4O2/c13-8-9(6-1-2-6)15-16-10(8)12(19)17-4-3-7(5-17)11(14)18/h6-7H,1-5H2,(H2,14,18)(H,15,16). The number of aromatic amines is 1. The van der Waals surface area contributed by atoms with Crippen molar-refractivity contribution in [1.82, 2.24) is 15.1 Å². The Hall–Kier alpha value is -1.37. The fraction of sp³-hybridized carbons (Fsp3) is 0.583. The fourth-order valence-corrected chi connectivity index (χ4v) is 3.12. The second-order valence-corrected chi connectivity index (χ2v) is 6.01. The van der Waals surface area contributed by atoms with Crippen LogP contribution in [0.1, 0.15) is 41.4 Å². The minimum absolute atomic E-state index is 0.140. The Kier molecular flexibility index (Phi) is 3.08. The number of nitrogens with one attached hydrogen (secondary N) is 1. The second-order valence-electron chi connectivity index (χ2n) is 5.21. The van der Waals surface area contributed by atoms with E-state index in [0.717, 1.165) is 23.0 Å². The number of carbonyl (C=O) groups excluding carboxylic acids is 2. The molecule has 2 heterocycles. The highest BCUT2D eigenvalue weighted by Crippen LogP contribution is 2.43. The SMILES string of the molecule is NC(=O)C1CCN(C(=O)c2n[nH]c(C3CC3)c2Br)C1. The number of H-pyrrole nitrogens is 1. The van der Waals surface area contributed by atoms with Crippen LogP contribution in [0.3, 0.4) is 0 Å². The Balaban J connectivity index is 1.75. The topological polar surface area (TPSA) is 92.1 Å². The Bertz CT molecular complexity index is 538. The summed E-state index contributed by atoms with van der Waals surface area (Å²) in [6.45, 7) is 0.955. The molecule has 7 heteroatoms. The molecule has 3 rings (SSSR count). The summed E-state index contributed by atoms with van der Waals surface area (Å²) >= 11 is 3.45. The van der Waals surface area contributed by atoms with Gasteiger partial charge in [0.15, 0.2) is 5.69 Å². The van der Waals surface area contributed by atoms with E-state index in [-0.39, 0.29) is 17.7 Å². The maximum Gasteiger partial charge on any atom is 0.275 e. The number of nitrogens with zero attached hydrogens (tertiary/aromatic N) is 2. The first kappa shape index (κ1) is 12.7. The monoisotopic (exact) mass is 326 g/mol. The van der Waals surface area contributed by atoms with Crippen molar-refractivity contribution >= 4 is 27.7 Å². The van der Waals surface area contributed by atoms with E-state index >= 15 is 0 Å². The summed E-state index contributed by atoms with van der Waals surface area (Å²) in [7, 11) is 0. The average molecular weight is 327 g/mol. The van der Waals surface area contributed by atoms with Gasteiger partial charge in [0.2, 0.25) is 5.91 Å². The number of nitrogens with two attached hydrogens (primary N) is 1. The van der Waals surface area contributed by atoms with E-state index in [9.17, 15) is 9.59 Å². The van der Waals surface area contributed by atoms with Crippen molar-refractivity contribution < 1.29 is 9.59 Å². The van der Waals surface area contributed by atoms with Crippen LogP contribution >= 0.6 is 15.9 Å². The highest BCUT2D eigenvalue weighted by atomic mass is 79.9. The largest absolute Gasteiger partial charge is 0.369 e. The molecule has 2 aliphatic rings. The van der Waals surface area contributed by atoms with Gasteiger partial charge in [-0.1, -0.05) is 0 Å². The van der Waals surface area contributed by atoms with Gasteiger partial charge in [0, 0.05) is 19.0 Å². The molecule has 1 aliphatic carbocycles. The summed E-state index contributed by atoms with van der Waals surface area (Å²) in [5.41, 5.74) is 6.69. The number of rotatable bonds is 3. The van der Waals surface area contributed by atoms with Crippen LogP contribution in [0, 0.1) is 5.92 Å². The van der Waals surface area contributed by atoms with Gasteiger partial charge in [-0.15, -0.1) is 0 Å². The maximum atomic E-state index is 12.4. The van der Waals surface area contributed by atoms with Gasteiger partial charge in [-0.25, -0.2) is 0 Å². The van der Waals surface area contributed by atoms with E-state index in [2.05, 4.69) is 26.1 Å². The molecule has 0 aromatic carbocycles. The van der Waals surface area contributed by atoms with Crippen LogP contribution in [0.25, 0.3) is 0 Å². The number of hydrogen-bond acceptors (Lipinski definition) is 3. The fourth-order valence-electron chi connectivity index (χ4n) is 2.45. The lowest BCUT2D eigenvalue weighted by molar-refractivity contribution is -0.121. The molecule has 0 radical (unpaired) electrons. The molecule has 1 aromatic rings. The summed E-state index contributed by atoms with van der Waals surface area (Å²) in [6, 6.07) is 0. The molecule has 1 aliphatic heterocycles. The molecule has 1 atom stereocenters. The molecule has 19 heavy (non-hydrogen) atoms. The van der Waals surface area contributed by atoms with Crippen LogP contribution < -0.4 is 5.73 Å². The van der Waals surface area contributed by atoms with E-state index in [1.165, 1.54) is 0 Å². The molecule has 1 saturated carbocycles. The lowest BCUT2D eigenvalue weighted by Crippen LogP contribution is -2.32. The van der Waals surface area contributed by atoms with Crippen molar-refractivity contribution in [2.75, 3.05) is 13.1 Å². The van der Waals surface area contributed by atoms with Crippen molar-refractivity contribution in [3.63, 3.8) is 0 Å². The van der Waals surface area contributed by atoms with Gasteiger partial charge in [-0.2, -0.15) is 5.10 Å². The average Bonchev–Trinajstić information content (AvgIpc) is 2.96. The molecule has 1 aromatic heterocycles. The Morgan fingerprint density at radius 1 is 1.37 bits per heavy atom. The number of primary amides is 1. The van der Waals surface area contributed by atoms with Gasteiger partial charge in [-0.05, 0) is 35.2 Å². The molecule has 1 unspecified atom stereocenters. The molecule has 0 spiro atoms. The van der Waals surface area contributed by atoms with Gasteiger partial charge in [-0.3, -0.25) is 14.7 Å². The molecule has 0 bridgehead atoms. The Labute approximate surface area is 118 Å². The van der Waals surface area contributed by atoms with Crippen LogP contribution in [0.2, 0.25) is 0 Å². The first-order valence-electron chi connectivity index (χ1n) is 6.40. The Morgan fingerprint density at radius 3 is 2.68 bits per heavy atom. The third kappa shape index (κ3) is 2.27. The zero-order valence-electron chi connectivity index (χ0n) is 10.4. The lowest BCUT2D eigenvalue weighted by Gasteiger charge is -2.14. The van der Waals surface area contributed by atoms with E-state index < -0.39 is 0 Å². The maximum absolute atomic E-state index is 12.4. The number of amides is 2. The quantitative estimate of drug-likeness (QED) is 0.867. The van der Waals surface area contributed by atoms with Crippen LogP contribution in [-0.4, -0.2) is 40.0 Å². The molecule has 6 nitrogen and oxygen atoms in total. The summed E-state index contributed by atoms with van der Waals surface area (Å²) < 4.78 is 0.766. The molecule has 3 N–H and O–H groups in total.